The Labute approximate surface area is 120 Å². The van der Waals surface area contributed by atoms with Crippen LogP contribution < -0.4 is 4.90 Å². The minimum Gasteiger partial charge on any atom is -0.443 e. The summed E-state index contributed by atoms with van der Waals surface area (Å²) < 4.78 is 5.27. The van der Waals surface area contributed by atoms with Gasteiger partial charge in [0.1, 0.15) is 10.8 Å². The highest BCUT2D eigenvalue weighted by molar-refractivity contribution is 6.29. The molecule has 1 heterocycles. The summed E-state index contributed by atoms with van der Waals surface area (Å²) in [6.45, 7) is 11.3. The average molecular weight is 287 g/mol. The smallest absolute Gasteiger partial charge is 0.414 e. The lowest BCUT2D eigenvalue weighted by Crippen LogP contribution is -2.34. The van der Waals surface area contributed by atoms with Crippen LogP contribution in [0.15, 0.2) is 12.3 Å². The predicted octanol–water partition coefficient (Wildman–Crippen LogP) is 4.44. The maximum atomic E-state index is 11.8. The quantitative estimate of drug-likeness (QED) is 0.717. The molecule has 108 valence electrons. The van der Waals surface area contributed by atoms with Crippen molar-refractivity contribution in [3.05, 3.63) is 23.0 Å². The van der Waals surface area contributed by atoms with Crippen LogP contribution in [0.2, 0.25) is 5.15 Å². The SMILES string of the molecule is CC.Cc1cc(Cl)ncc1N(C)C(=O)OC(C)(C)C. The first-order valence-corrected chi connectivity index (χ1v) is 6.67. The van der Waals surface area contributed by atoms with E-state index in [-0.39, 0.29) is 0 Å². The molecule has 0 atom stereocenters. The molecule has 1 aromatic heterocycles. The number of hydrogen-bond acceptors (Lipinski definition) is 3. The molecule has 0 bridgehead atoms. The predicted molar refractivity (Wildman–Crippen MR) is 80.0 cm³/mol. The third-order valence-corrected chi connectivity index (χ3v) is 2.29. The van der Waals surface area contributed by atoms with Crippen LogP contribution >= 0.6 is 11.6 Å². The fourth-order valence-electron chi connectivity index (χ4n) is 1.29. The minimum atomic E-state index is -0.515. The van der Waals surface area contributed by atoms with Crippen LogP contribution in [0.1, 0.15) is 40.2 Å². The van der Waals surface area contributed by atoms with E-state index in [1.807, 2.05) is 41.5 Å². The molecular weight excluding hydrogens is 264 g/mol. The molecule has 1 rings (SSSR count). The van der Waals surface area contributed by atoms with Crippen LogP contribution in [-0.2, 0) is 4.74 Å². The third kappa shape index (κ3) is 5.92. The second kappa shape index (κ2) is 7.34. The van der Waals surface area contributed by atoms with Gasteiger partial charge < -0.3 is 4.74 Å². The van der Waals surface area contributed by atoms with Crippen LogP contribution in [0.5, 0.6) is 0 Å². The highest BCUT2D eigenvalue weighted by atomic mass is 35.5. The van der Waals surface area contributed by atoms with Gasteiger partial charge in [-0.3, -0.25) is 4.90 Å². The lowest BCUT2D eigenvalue weighted by atomic mass is 10.2. The second-order valence-corrected chi connectivity index (χ2v) is 5.22. The van der Waals surface area contributed by atoms with Crippen molar-refractivity contribution in [2.45, 2.75) is 47.1 Å². The van der Waals surface area contributed by atoms with E-state index in [9.17, 15) is 4.79 Å². The Bertz CT molecular complexity index is 428. The van der Waals surface area contributed by atoms with Gasteiger partial charge in [-0.05, 0) is 39.3 Å². The van der Waals surface area contributed by atoms with E-state index in [1.54, 1.807) is 19.3 Å². The fourth-order valence-corrected chi connectivity index (χ4v) is 1.51. The molecule has 0 fully saturated rings. The first kappa shape index (κ1) is 17.7. The zero-order valence-electron chi connectivity index (χ0n) is 12.7. The van der Waals surface area contributed by atoms with E-state index in [0.29, 0.717) is 10.8 Å². The zero-order valence-corrected chi connectivity index (χ0v) is 13.5. The summed E-state index contributed by atoms with van der Waals surface area (Å²) in [5.74, 6) is 0. The monoisotopic (exact) mass is 286 g/mol. The summed E-state index contributed by atoms with van der Waals surface area (Å²) >= 11 is 5.76. The van der Waals surface area contributed by atoms with Gasteiger partial charge in [0.05, 0.1) is 11.9 Å². The molecule has 1 amide bonds. The van der Waals surface area contributed by atoms with Crippen molar-refractivity contribution >= 4 is 23.4 Å². The maximum Gasteiger partial charge on any atom is 0.414 e. The summed E-state index contributed by atoms with van der Waals surface area (Å²) in [6, 6.07) is 1.71. The Balaban J connectivity index is 0.00000154. The summed E-state index contributed by atoms with van der Waals surface area (Å²) in [5.41, 5.74) is 1.04. The molecule has 0 unspecified atom stereocenters. The highest BCUT2D eigenvalue weighted by Gasteiger charge is 2.21. The van der Waals surface area contributed by atoms with Crippen LogP contribution in [0.4, 0.5) is 10.5 Å². The number of aromatic nitrogens is 1. The molecule has 0 saturated carbocycles. The summed E-state index contributed by atoms with van der Waals surface area (Å²) in [5, 5.41) is 0.406. The molecule has 0 aromatic carbocycles. The topological polar surface area (TPSA) is 42.4 Å². The summed E-state index contributed by atoms with van der Waals surface area (Å²) in [4.78, 5) is 17.2. The van der Waals surface area contributed by atoms with Gasteiger partial charge in [0.25, 0.3) is 0 Å². The van der Waals surface area contributed by atoms with Crippen LogP contribution in [0, 0.1) is 6.92 Å². The Morgan fingerprint density at radius 1 is 1.37 bits per heavy atom. The summed E-state index contributed by atoms with van der Waals surface area (Å²) in [6.07, 6.45) is 1.14. The van der Waals surface area contributed by atoms with Crippen molar-refractivity contribution in [2.75, 3.05) is 11.9 Å². The number of aryl methyl sites for hydroxylation is 1. The molecule has 0 aliphatic heterocycles. The van der Waals surface area contributed by atoms with Gasteiger partial charge >= 0.3 is 6.09 Å². The lowest BCUT2D eigenvalue weighted by Gasteiger charge is -2.25. The van der Waals surface area contributed by atoms with E-state index in [4.69, 9.17) is 16.3 Å². The first-order valence-electron chi connectivity index (χ1n) is 6.29. The van der Waals surface area contributed by atoms with Crippen LogP contribution in [-0.4, -0.2) is 23.7 Å². The molecule has 4 nitrogen and oxygen atoms in total. The van der Waals surface area contributed by atoms with Crippen molar-refractivity contribution in [3.63, 3.8) is 0 Å². The second-order valence-electron chi connectivity index (χ2n) is 4.83. The Hall–Kier alpha value is -1.29. The number of rotatable bonds is 1. The molecule has 0 N–H and O–H groups in total. The molecule has 0 aliphatic rings. The number of amides is 1. The van der Waals surface area contributed by atoms with Gasteiger partial charge in [-0.1, -0.05) is 25.4 Å². The van der Waals surface area contributed by atoms with Gasteiger partial charge in [0, 0.05) is 7.05 Å². The number of halogens is 1. The summed E-state index contributed by atoms with van der Waals surface area (Å²) in [7, 11) is 1.64. The lowest BCUT2D eigenvalue weighted by molar-refractivity contribution is 0.0589. The van der Waals surface area contributed by atoms with E-state index in [2.05, 4.69) is 4.98 Å². The molecular formula is C14H23ClN2O2. The largest absolute Gasteiger partial charge is 0.443 e. The number of pyridine rings is 1. The first-order chi connectivity index (χ1) is 8.70. The van der Waals surface area contributed by atoms with Crippen LogP contribution in [0.3, 0.4) is 0 Å². The van der Waals surface area contributed by atoms with Crippen molar-refractivity contribution in [1.82, 2.24) is 4.98 Å². The standard InChI is InChI=1S/C12H17ClN2O2.C2H6/c1-8-6-10(13)14-7-9(8)15(5)11(16)17-12(2,3)4;1-2/h6-7H,1-5H3;1-2H3. The number of nitrogens with zero attached hydrogens (tertiary/aromatic N) is 2. The zero-order chi connectivity index (χ0) is 15.2. The Morgan fingerprint density at radius 3 is 2.32 bits per heavy atom. The normalized spacial score (nSPS) is 10.3. The molecule has 5 heteroatoms. The Morgan fingerprint density at radius 2 is 1.89 bits per heavy atom. The highest BCUT2D eigenvalue weighted by Crippen LogP contribution is 2.22. The molecule has 0 radical (unpaired) electrons. The number of hydrogen-bond donors (Lipinski definition) is 0. The average Bonchev–Trinajstić information content (AvgIpc) is 2.28. The van der Waals surface area contributed by atoms with E-state index in [0.717, 1.165) is 5.56 Å². The number of anilines is 1. The van der Waals surface area contributed by atoms with Gasteiger partial charge in [-0.2, -0.15) is 0 Å². The number of carbonyl (C=O) groups is 1. The van der Waals surface area contributed by atoms with E-state index < -0.39 is 11.7 Å². The van der Waals surface area contributed by atoms with Gasteiger partial charge in [0.15, 0.2) is 0 Å². The Kier molecular flexibility index (Phi) is 6.84. The fraction of sp³-hybridized carbons (Fsp3) is 0.571. The maximum absolute atomic E-state index is 11.8. The third-order valence-electron chi connectivity index (χ3n) is 2.08. The number of ether oxygens (including phenoxy) is 1. The molecule has 1 aromatic rings. The molecule has 0 spiro atoms. The molecule has 19 heavy (non-hydrogen) atoms. The van der Waals surface area contributed by atoms with Crippen molar-refractivity contribution in [1.29, 1.82) is 0 Å². The number of carbonyl (C=O) groups excluding carboxylic acids is 1. The molecule has 0 saturated heterocycles. The van der Waals surface area contributed by atoms with E-state index >= 15 is 0 Å². The van der Waals surface area contributed by atoms with Crippen molar-refractivity contribution < 1.29 is 9.53 Å². The minimum absolute atomic E-state index is 0.406. The molecule has 0 aliphatic carbocycles. The van der Waals surface area contributed by atoms with Gasteiger partial charge in [-0.15, -0.1) is 0 Å². The van der Waals surface area contributed by atoms with Crippen molar-refractivity contribution in [2.24, 2.45) is 0 Å². The van der Waals surface area contributed by atoms with Gasteiger partial charge in [-0.25, -0.2) is 9.78 Å². The van der Waals surface area contributed by atoms with Gasteiger partial charge in [0.2, 0.25) is 0 Å². The van der Waals surface area contributed by atoms with Crippen molar-refractivity contribution in [3.8, 4) is 0 Å². The van der Waals surface area contributed by atoms with Crippen LogP contribution in [0.25, 0.3) is 0 Å². The van der Waals surface area contributed by atoms with E-state index in [1.165, 1.54) is 4.90 Å².